The van der Waals surface area contributed by atoms with Gasteiger partial charge in [0.05, 0.1) is 19.1 Å². The van der Waals surface area contributed by atoms with Crippen molar-refractivity contribution in [3.63, 3.8) is 0 Å². The highest BCUT2D eigenvalue weighted by atomic mass is 16.5. The minimum atomic E-state index is -1.35. The molecule has 206 valence electrons. The number of carbonyl (C=O) groups is 3. The third-order valence-corrected chi connectivity index (χ3v) is 7.52. The van der Waals surface area contributed by atoms with Gasteiger partial charge in [-0.25, -0.2) is 0 Å². The van der Waals surface area contributed by atoms with E-state index < -0.39 is 11.4 Å². The van der Waals surface area contributed by atoms with Crippen LogP contribution in [0.2, 0.25) is 0 Å². The van der Waals surface area contributed by atoms with Crippen molar-refractivity contribution in [2.75, 3.05) is 34.0 Å². The quantitative estimate of drug-likeness (QED) is 0.432. The van der Waals surface area contributed by atoms with E-state index in [1.165, 1.54) is 12.0 Å². The van der Waals surface area contributed by atoms with E-state index in [1.54, 1.807) is 32.2 Å². The number of para-hydroxylation sites is 1. The van der Waals surface area contributed by atoms with Crippen molar-refractivity contribution in [1.29, 1.82) is 0 Å². The van der Waals surface area contributed by atoms with Crippen LogP contribution in [-0.4, -0.2) is 68.2 Å². The lowest BCUT2D eigenvalue weighted by Gasteiger charge is -2.37. The van der Waals surface area contributed by atoms with Crippen LogP contribution >= 0.6 is 0 Å². The summed E-state index contributed by atoms with van der Waals surface area (Å²) >= 11 is 0. The summed E-state index contributed by atoms with van der Waals surface area (Å²) in [5, 5.41) is 6.50. The fourth-order valence-electron chi connectivity index (χ4n) is 4.89. The van der Waals surface area contributed by atoms with Gasteiger partial charge in [0.2, 0.25) is 11.7 Å². The second-order valence-electron chi connectivity index (χ2n) is 10.1. The molecule has 1 fully saturated rings. The molecule has 0 spiro atoms. The van der Waals surface area contributed by atoms with Gasteiger partial charge < -0.3 is 34.2 Å². The Hall–Kier alpha value is -4.05. The predicted octanol–water partition coefficient (Wildman–Crippen LogP) is 3.28. The molecule has 10 heteroatoms. The molecule has 2 heterocycles. The second kappa shape index (κ2) is 11.0. The normalized spacial score (nSPS) is 19.1. The highest BCUT2D eigenvalue weighted by molar-refractivity contribution is 6.06. The molecule has 1 saturated carbocycles. The molecule has 1 aliphatic carbocycles. The van der Waals surface area contributed by atoms with E-state index in [9.17, 15) is 14.4 Å². The Morgan fingerprint density at radius 1 is 1.15 bits per heavy atom. The number of furan rings is 1. The van der Waals surface area contributed by atoms with E-state index in [0.717, 1.165) is 24.8 Å². The van der Waals surface area contributed by atoms with Crippen molar-refractivity contribution >= 4 is 28.7 Å². The molecular formula is C29H33N3O7. The maximum Gasteiger partial charge on any atom is 0.294 e. The number of ether oxygens (including phenoxy) is 3. The van der Waals surface area contributed by atoms with Crippen molar-refractivity contribution in [2.24, 2.45) is 0 Å². The molecule has 0 bridgehead atoms. The average Bonchev–Trinajstić information content (AvgIpc) is 3.25. The number of hydrogen-bond donors (Lipinski definition) is 2. The van der Waals surface area contributed by atoms with Gasteiger partial charge in [-0.2, -0.15) is 0 Å². The van der Waals surface area contributed by atoms with E-state index in [4.69, 9.17) is 18.6 Å². The van der Waals surface area contributed by atoms with Gasteiger partial charge >= 0.3 is 0 Å². The second-order valence-corrected chi connectivity index (χ2v) is 10.1. The first-order valence-electron chi connectivity index (χ1n) is 13.1. The smallest absolute Gasteiger partial charge is 0.294 e. The van der Waals surface area contributed by atoms with E-state index >= 15 is 0 Å². The third kappa shape index (κ3) is 5.04. The maximum atomic E-state index is 13.8. The lowest BCUT2D eigenvalue weighted by Crippen LogP contribution is -2.61. The molecular weight excluding hydrogens is 502 g/mol. The molecule has 2 N–H and O–H groups in total. The summed E-state index contributed by atoms with van der Waals surface area (Å²) in [5.74, 6) is -0.169. The number of hydrogen-bond acceptors (Lipinski definition) is 7. The van der Waals surface area contributed by atoms with Crippen LogP contribution in [0.5, 0.6) is 11.5 Å². The molecule has 3 aromatic rings. The van der Waals surface area contributed by atoms with Gasteiger partial charge in [-0.15, -0.1) is 0 Å². The molecule has 1 aromatic heterocycles. The standard InChI is InChI=1S/C29H33N3O7/c1-29(28(35)30-16-19-7-4-5-10-22(19)37-3)17-38-24-21-12-11-18(26(33)31-20-8-6-9-20)15-23(21)39-25(24)27(34)32(29)13-14-36-2/h4-5,7,10-12,15,20H,6,8-9,13-14,16-17H2,1-3H3,(H,30,35)(H,31,33). The Balaban J connectivity index is 1.41. The van der Waals surface area contributed by atoms with Gasteiger partial charge in [-0.05, 0) is 50.5 Å². The Morgan fingerprint density at radius 2 is 1.95 bits per heavy atom. The molecule has 3 amide bonds. The number of carbonyl (C=O) groups excluding carboxylic acids is 3. The Labute approximate surface area is 226 Å². The van der Waals surface area contributed by atoms with E-state index in [0.29, 0.717) is 22.3 Å². The first kappa shape index (κ1) is 26.6. The molecule has 1 atom stereocenters. The number of benzene rings is 2. The number of rotatable bonds is 9. The third-order valence-electron chi connectivity index (χ3n) is 7.52. The summed E-state index contributed by atoms with van der Waals surface area (Å²) in [6.45, 7) is 2.12. The highest BCUT2D eigenvalue weighted by Gasteiger charge is 2.47. The number of methoxy groups -OCH3 is 2. The monoisotopic (exact) mass is 535 g/mol. The first-order chi connectivity index (χ1) is 18.9. The first-order valence-corrected chi connectivity index (χ1v) is 13.1. The molecule has 2 aliphatic rings. The molecule has 2 aromatic carbocycles. The van der Waals surface area contributed by atoms with Crippen molar-refractivity contribution in [3.8, 4) is 11.5 Å². The van der Waals surface area contributed by atoms with Gasteiger partial charge in [0.1, 0.15) is 17.9 Å². The molecule has 39 heavy (non-hydrogen) atoms. The molecule has 1 unspecified atom stereocenters. The van der Waals surface area contributed by atoms with Crippen molar-refractivity contribution in [1.82, 2.24) is 15.5 Å². The van der Waals surface area contributed by atoms with E-state index in [2.05, 4.69) is 10.6 Å². The topological polar surface area (TPSA) is 119 Å². The zero-order valence-electron chi connectivity index (χ0n) is 22.4. The van der Waals surface area contributed by atoms with Crippen LogP contribution in [0.3, 0.4) is 0 Å². The fraction of sp³-hybridized carbons (Fsp3) is 0.414. The molecule has 0 radical (unpaired) electrons. The van der Waals surface area contributed by atoms with E-state index in [1.807, 2.05) is 24.3 Å². The van der Waals surface area contributed by atoms with Crippen LogP contribution in [0.25, 0.3) is 11.0 Å². The maximum absolute atomic E-state index is 13.8. The van der Waals surface area contributed by atoms with Gasteiger partial charge in [-0.1, -0.05) is 18.2 Å². The molecule has 0 saturated heterocycles. The summed E-state index contributed by atoms with van der Waals surface area (Å²) in [5.41, 5.74) is 0.262. The Kier molecular flexibility index (Phi) is 7.47. The van der Waals surface area contributed by atoms with Crippen LogP contribution < -0.4 is 20.1 Å². The summed E-state index contributed by atoms with van der Waals surface area (Å²) in [7, 11) is 3.10. The average molecular weight is 536 g/mol. The van der Waals surface area contributed by atoms with Gasteiger partial charge in [-0.3, -0.25) is 14.4 Å². The lowest BCUT2D eigenvalue weighted by molar-refractivity contribution is -0.133. The molecule has 1 aliphatic heterocycles. The fourth-order valence-corrected chi connectivity index (χ4v) is 4.89. The SMILES string of the molecule is COCCN1C(=O)c2oc3cc(C(=O)NC4CCC4)ccc3c2OCC1(C)C(=O)NCc1ccccc1OC. The molecule has 10 nitrogen and oxygen atoms in total. The Bertz CT molecular complexity index is 1400. The zero-order chi connectivity index (χ0) is 27.6. The van der Waals surface area contributed by atoms with Gasteiger partial charge in [0.25, 0.3) is 11.8 Å². The minimum absolute atomic E-state index is 0.0149. The summed E-state index contributed by atoms with van der Waals surface area (Å²) in [6.07, 6.45) is 3.08. The number of nitrogens with zero attached hydrogens (tertiary/aromatic N) is 1. The number of fused-ring (bicyclic) bond motifs is 3. The van der Waals surface area contributed by atoms with E-state index in [-0.39, 0.29) is 55.7 Å². The largest absolute Gasteiger partial charge is 0.496 e. The van der Waals surface area contributed by atoms with Gasteiger partial charge in [0, 0.05) is 37.4 Å². The van der Waals surface area contributed by atoms with Gasteiger partial charge in [0.15, 0.2) is 11.3 Å². The van der Waals surface area contributed by atoms with Crippen LogP contribution in [0, 0.1) is 0 Å². The number of nitrogens with one attached hydrogen (secondary N) is 2. The van der Waals surface area contributed by atoms with Crippen LogP contribution in [0.1, 0.15) is 52.7 Å². The van der Waals surface area contributed by atoms with Crippen LogP contribution in [0.4, 0.5) is 0 Å². The van der Waals surface area contributed by atoms with Crippen LogP contribution in [0.15, 0.2) is 46.9 Å². The summed E-state index contributed by atoms with van der Waals surface area (Å²) in [6, 6.07) is 12.6. The zero-order valence-corrected chi connectivity index (χ0v) is 22.4. The predicted molar refractivity (Wildman–Crippen MR) is 143 cm³/mol. The summed E-state index contributed by atoms with van der Waals surface area (Å²) in [4.78, 5) is 41.5. The molecule has 5 rings (SSSR count). The van der Waals surface area contributed by atoms with Crippen molar-refractivity contribution in [3.05, 3.63) is 59.4 Å². The van der Waals surface area contributed by atoms with Crippen molar-refractivity contribution in [2.45, 2.75) is 44.3 Å². The highest BCUT2D eigenvalue weighted by Crippen LogP contribution is 2.39. The summed E-state index contributed by atoms with van der Waals surface area (Å²) < 4.78 is 22.7. The van der Waals surface area contributed by atoms with Crippen molar-refractivity contribution < 1.29 is 33.0 Å². The lowest BCUT2D eigenvalue weighted by atomic mass is 9.93. The minimum Gasteiger partial charge on any atom is -0.496 e. The number of amides is 3. The van der Waals surface area contributed by atoms with Crippen LogP contribution in [-0.2, 0) is 16.1 Å². The Morgan fingerprint density at radius 3 is 2.67 bits per heavy atom.